The number of hydrogen-bond donors (Lipinski definition) is 0. The Labute approximate surface area is 97.3 Å². The van der Waals surface area contributed by atoms with Crippen LogP contribution in [0.25, 0.3) is 0 Å². The molecule has 4 heteroatoms. The summed E-state index contributed by atoms with van der Waals surface area (Å²) in [5.41, 5.74) is 0. The van der Waals surface area contributed by atoms with Gasteiger partial charge >= 0.3 is 0 Å². The molecule has 0 aromatic heterocycles. The Morgan fingerprint density at radius 1 is 1.38 bits per heavy atom. The minimum Gasteiger partial charge on any atom is -0.380 e. The zero-order valence-electron chi connectivity index (χ0n) is 10.3. The van der Waals surface area contributed by atoms with Crippen LogP contribution in [0, 0.1) is 5.92 Å². The minimum atomic E-state index is -0.181. The van der Waals surface area contributed by atoms with Crippen LogP contribution in [0.4, 0.5) is 0 Å². The zero-order valence-corrected chi connectivity index (χ0v) is 10.3. The van der Waals surface area contributed by atoms with E-state index in [2.05, 4.69) is 13.8 Å². The Morgan fingerprint density at radius 2 is 2.06 bits per heavy atom. The van der Waals surface area contributed by atoms with Crippen LogP contribution in [0.2, 0.25) is 0 Å². The van der Waals surface area contributed by atoms with E-state index in [1.807, 2.05) is 0 Å². The Morgan fingerprint density at radius 3 is 2.62 bits per heavy atom. The van der Waals surface area contributed by atoms with Gasteiger partial charge in [0.15, 0.2) is 0 Å². The van der Waals surface area contributed by atoms with E-state index in [-0.39, 0.29) is 5.91 Å². The van der Waals surface area contributed by atoms with E-state index in [0.29, 0.717) is 25.4 Å². The van der Waals surface area contributed by atoms with E-state index >= 15 is 0 Å². The fourth-order valence-electron chi connectivity index (χ4n) is 0.982. The maximum atomic E-state index is 11.3. The van der Waals surface area contributed by atoms with Crippen molar-refractivity contribution in [1.29, 1.82) is 0 Å². The monoisotopic (exact) mass is 227 g/mol. The molecule has 0 spiro atoms. The highest BCUT2D eigenvalue weighted by Gasteiger charge is 2.03. The number of likely N-dealkylation sites (N-methyl/N-ethyl adjacent to an activating group) is 1. The van der Waals surface area contributed by atoms with Crippen LogP contribution in [0.1, 0.15) is 20.3 Å². The second-order valence-corrected chi connectivity index (χ2v) is 4.05. The highest BCUT2D eigenvalue weighted by Crippen LogP contribution is 1.98. The lowest BCUT2D eigenvalue weighted by atomic mass is 10.1. The molecule has 0 saturated carbocycles. The van der Waals surface area contributed by atoms with Crippen molar-refractivity contribution in [2.45, 2.75) is 20.3 Å². The quantitative estimate of drug-likeness (QED) is 0.356. The molecule has 0 aromatic carbocycles. The van der Waals surface area contributed by atoms with Crippen molar-refractivity contribution in [3.05, 3.63) is 12.2 Å². The van der Waals surface area contributed by atoms with Gasteiger partial charge in [-0.25, -0.2) is 0 Å². The maximum absolute atomic E-state index is 11.3. The van der Waals surface area contributed by atoms with Crippen LogP contribution < -0.4 is 0 Å². The predicted molar refractivity (Wildman–Crippen MR) is 63.1 cm³/mol. The minimum absolute atomic E-state index is 0.181. The molecule has 16 heavy (non-hydrogen) atoms. The molecule has 92 valence electrons. The fraction of sp³-hybridized carbons (Fsp3) is 0.667. The predicted octanol–water partition coefficient (Wildman–Crippen LogP) is 1.26. The van der Waals surface area contributed by atoms with Crippen molar-refractivity contribution in [1.82, 2.24) is 4.90 Å². The number of amides is 1. The summed E-state index contributed by atoms with van der Waals surface area (Å²) in [5, 5.41) is 0. The van der Waals surface area contributed by atoms with Crippen LogP contribution in [-0.2, 0) is 14.3 Å². The number of ether oxygens (including phenoxy) is 1. The SMILES string of the molecule is CC(C)CCOCCN(C)C(=O)/C=C\C=O. The Bertz CT molecular complexity index is 236. The molecule has 0 aliphatic rings. The first-order chi connectivity index (χ1) is 7.57. The number of allylic oxidation sites excluding steroid dienone is 1. The average molecular weight is 227 g/mol. The van der Waals surface area contributed by atoms with Crippen molar-refractivity contribution < 1.29 is 14.3 Å². The molecule has 0 rings (SSSR count). The summed E-state index contributed by atoms with van der Waals surface area (Å²) >= 11 is 0. The molecule has 0 aromatic rings. The van der Waals surface area contributed by atoms with Crippen LogP contribution in [-0.4, -0.2) is 43.9 Å². The molecule has 0 radical (unpaired) electrons. The third-order valence-corrected chi connectivity index (χ3v) is 2.10. The standard InChI is InChI=1S/C12H21NO3/c1-11(2)6-9-16-10-7-13(3)12(15)5-4-8-14/h4-5,8,11H,6-7,9-10H2,1-3H3/b5-4-. The smallest absolute Gasteiger partial charge is 0.246 e. The third-order valence-electron chi connectivity index (χ3n) is 2.10. The molecular formula is C12H21NO3. The summed E-state index contributed by atoms with van der Waals surface area (Å²) in [7, 11) is 1.68. The van der Waals surface area contributed by atoms with Gasteiger partial charge in [-0.3, -0.25) is 9.59 Å². The van der Waals surface area contributed by atoms with Crippen molar-refractivity contribution in [3.63, 3.8) is 0 Å². The number of carbonyl (C=O) groups excluding carboxylic acids is 2. The summed E-state index contributed by atoms with van der Waals surface area (Å²) in [5.74, 6) is 0.453. The van der Waals surface area contributed by atoms with E-state index in [0.717, 1.165) is 13.0 Å². The van der Waals surface area contributed by atoms with Gasteiger partial charge in [0.25, 0.3) is 0 Å². The zero-order chi connectivity index (χ0) is 12.4. The van der Waals surface area contributed by atoms with Gasteiger partial charge in [-0.1, -0.05) is 13.8 Å². The average Bonchev–Trinajstić information content (AvgIpc) is 2.24. The topological polar surface area (TPSA) is 46.6 Å². The number of hydrogen-bond acceptors (Lipinski definition) is 3. The number of aldehydes is 1. The van der Waals surface area contributed by atoms with Crippen LogP contribution in [0.5, 0.6) is 0 Å². The van der Waals surface area contributed by atoms with Gasteiger partial charge in [-0.2, -0.15) is 0 Å². The first-order valence-electron chi connectivity index (χ1n) is 5.52. The number of carbonyl (C=O) groups is 2. The van der Waals surface area contributed by atoms with E-state index in [1.54, 1.807) is 7.05 Å². The Kier molecular flexibility index (Phi) is 8.43. The van der Waals surface area contributed by atoms with Gasteiger partial charge in [0.05, 0.1) is 6.61 Å². The van der Waals surface area contributed by atoms with Crippen molar-refractivity contribution >= 4 is 12.2 Å². The third kappa shape index (κ3) is 8.17. The fourth-order valence-corrected chi connectivity index (χ4v) is 0.982. The summed E-state index contributed by atoms with van der Waals surface area (Å²) in [6, 6.07) is 0. The highest BCUT2D eigenvalue weighted by atomic mass is 16.5. The second kappa shape index (κ2) is 9.09. The molecule has 1 amide bonds. The van der Waals surface area contributed by atoms with E-state index in [4.69, 9.17) is 4.74 Å². The second-order valence-electron chi connectivity index (χ2n) is 4.05. The van der Waals surface area contributed by atoms with Crippen LogP contribution >= 0.6 is 0 Å². The largest absolute Gasteiger partial charge is 0.380 e. The molecule has 0 aliphatic heterocycles. The molecule has 0 N–H and O–H groups in total. The summed E-state index contributed by atoms with van der Waals surface area (Å²) in [6.45, 7) is 6.08. The lowest BCUT2D eigenvalue weighted by Gasteiger charge is -2.15. The molecule has 0 atom stereocenters. The summed E-state index contributed by atoms with van der Waals surface area (Å²) in [4.78, 5) is 22.8. The Balaban J connectivity index is 3.57. The van der Waals surface area contributed by atoms with E-state index in [9.17, 15) is 9.59 Å². The molecule has 0 bridgehead atoms. The normalized spacial score (nSPS) is 11.0. The molecule has 0 heterocycles. The first-order valence-corrected chi connectivity index (χ1v) is 5.52. The van der Waals surface area contributed by atoms with Gasteiger partial charge in [-0.05, 0) is 18.4 Å². The highest BCUT2D eigenvalue weighted by molar-refractivity contribution is 5.90. The van der Waals surface area contributed by atoms with Crippen molar-refractivity contribution in [2.75, 3.05) is 26.8 Å². The molecular weight excluding hydrogens is 206 g/mol. The van der Waals surface area contributed by atoms with Crippen molar-refractivity contribution in [2.24, 2.45) is 5.92 Å². The maximum Gasteiger partial charge on any atom is 0.246 e. The number of rotatable bonds is 8. The molecule has 0 aliphatic carbocycles. The van der Waals surface area contributed by atoms with Gasteiger partial charge in [0.2, 0.25) is 5.91 Å². The molecule has 4 nitrogen and oxygen atoms in total. The summed E-state index contributed by atoms with van der Waals surface area (Å²) < 4.78 is 5.38. The van der Waals surface area contributed by atoms with Crippen LogP contribution in [0.3, 0.4) is 0 Å². The van der Waals surface area contributed by atoms with Crippen molar-refractivity contribution in [3.8, 4) is 0 Å². The lowest BCUT2D eigenvalue weighted by molar-refractivity contribution is -0.125. The Hall–Kier alpha value is -1.16. The molecule has 0 fully saturated rings. The first kappa shape index (κ1) is 14.8. The van der Waals surface area contributed by atoms with E-state index < -0.39 is 0 Å². The van der Waals surface area contributed by atoms with Gasteiger partial charge < -0.3 is 9.64 Å². The molecule has 0 saturated heterocycles. The summed E-state index contributed by atoms with van der Waals surface area (Å²) in [6.07, 6.45) is 4.06. The number of nitrogens with zero attached hydrogens (tertiary/aromatic N) is 1. The van der Waals surface area contributed by atoms with Gasteiger partial charge in [-0.15, -0.1) is 0 Å². The van der Waals surface area contributed by atoms with Gasteiger partial charge in [0, 0.05) is 26.3 Å². The lowest BCUT2D eigenvalue weighted by Crippen LogP contribution is -2.28. The van der Waals surface area contributed by atoms with Crippen LogP contribution in [0.15, 0.2) is 12.2 Å². The molecule has 0 unspecified atom stereocenters. The van der Waals surface area contributed by atoms with E-state index in [1.165, 1.54) is 17.1 Å². The van der Waals surface area contributed by atoms with Gasteiger partial charge in [0.1, 0.15) is 6.29 Å².